The van der Waals surface area contributed by atoms with Gasteiger partial charge >= 0.3 is 0 Å². The summed E-state index contributed by atoms with van der Waals surface area (Å²) in [7, 11) is 0. The molecule has 50 heavy (non-hydrogen) atoms. The van der Waals surface area contributed by atoms with Gasteiger partial charge in [0.2, 0.25) is 0 Å². The average molecular weight is 644 g/mol. The van der Waals surface area contributed by atoms with Crippen molar-refractivity contribution < 1.29 is 4.74 Å². The highest BCUT2D eigenvalue weighted by Crippen LogP contribution is 2.56. The van der Waals surface area contributed by atoms with Gasteiger partial charge < -0.3 is 9.30 Å². The Balaban J connectivity index is 1.20. The molecule has 0 fully saturated rings. The number of para-hydroxylation sites is 2. The van der Waals surface area contributed by atoms with Crippen LogP contribution < -0.4 is 4.74 Å². The number of benzene rings is 5. The van der Waals surface area contributed by atoms with E-state index in [0.717, 1.165) is 56.0 Å². The first-order valence-electron chi connectivity index (χ1n) is 16.8. The highest BCUT2D eigenvalue weighted by Gasteiger charge is 2.42. The Morgan fingerprint density at radius 1 is 0.580 bits per heavy atom. The van der Waals surface area contributed by atoms with Crippen molar-refractivity contribution in [2.45, 2.75) is 12.0 Å². The predicted molar refractivity (Wildman–Crippen MR) is 198 cm³/mol. The molecule has 0 saturated carbocycles. The Labute approximate surface area is 289 Å². The van der Waals surface area contributed by atoms with Crippen LogP contribution in [0.25, 0.3) is 68.0 Å². The van der Waals surface area contributed by atoms with Gasteiger partial charge in [-0.05, 0) is 48.0 Å². The van der Waals surface area contributed by atoms with E-state index in [1.165, 1.54) is 10.9 Å². The number of fused-ring (bicyclic) bond motifs is 7. The molecule has 1 aliphatic carbocycles. The fraction of sp³-hybridized carbons (Fsp3) is 0.0455. The summed E-state index contributed by atoms with van der Waals surface area (Å²) in [5.41, 5.74) is 10.4. The first-order chi connectivity index (χ1) is 24.8. The Hall–Kier alpha value is -6.66. The molecule has 0 N–H and O–H groups in total. The summed E-state index contributed by atoms with van der Waals surface area (Å²) in [4.78, 5) is 19.7. The van der Waals surface area contributed by atoms with Gasteiger partial charge in [0.05, 0.1) is 16.8 Å². The zero-order valence-corrected chi connectivity index (χ0v) is 26.9. The molecule has 0 bridgehead atoms. The van der Waals surface area contributed by atoms with Crippen LogP contribution in [0.15, 0.2) is 158 Å². The van der Waals surface area contributed by atoms with E-state index in [-0.39, 0.29) is 12.0 Å². The lowest BCUT2D eigenvalue weighted by Gasteiger charge is -2.22. The van der Waals surface area contributed by atoms with Gasteiger partial charge in [0.1, 0.15) is 11.9 Å². The number of pyridine rings is 1. The number of hydrogen-bond donors (Lipinski definition) is 0. The van der Waals surface area contributed by atoms with Gasteiger partial charge in [0, 0.05) is 57.2 Å². The third kappa shape index (κ3) is 4.57. The van der Waals surface area contributed by atoms with Crippen LogP contribution in [0.2, 0.25) is 0 Å². The maximum Gasteiger partial charge on any atom is 0.167 e. The second kappa shape index (κ2) is 11.5. The zero-order valence-electron chi connectivity index (χ0n) is 26.9. The number of hydrogen-bond acceptors (Lipinski definition) is 5. The molecular formula is C44H29N5O. The first-order valence-corrected chi connectivity index (χ1v) is 16.8. The standard InChI is InChI=1S/C44H29N5O/c1-4-13-28(14-5-1)42-46-43(29-15-6-2-7-16-29)48-44(47-42)36-26-31(30-17-12-24-45-27-30)25-35-33-22-23-38-39(41(33)50-40(35)36)34-20-10-11-21-37(34)49(38)32-18-8-3-9-19-32/h1-27,33,41H. The summed E-state index contributed by atoms with van der Waals surface area (Å²) in [5.74, 6) is 2.57. The average Bonchev–Trinajstić information content (AvgIpc) is 3.74. The summed E-state index contributed by atoms with van der Waals surface area (Å²) < 4.78 is 9.52. The fourth-order valence-electron chi connectivity index (χ4n) is 7.43. The molecule has 0 spiro atoms. The van der Waals surface area contributed by atoms with Gasteiger partial charge in [0.25, 0.3) is 0 Å². The minimum atomic E-state index is -0.230. The highest BCUT2D eigenvalue weighted by molar-refractivity contribution is 5.92. The summed E-state index contributed by atoms with van der Waals surface area (Å²) >= 11 is 0. The number of nitrogens with zero attached hydrogens (tertiary/aromatic N) is 5. The Kier molecular flexibility index (Phi) is 6.52. The lowest BCUT2D eigenvalue weighted by molar-refractivity contribution is 0.225. The third-order valence-electron chi connectivity index (χ3n) is 9.70. The van der Waals surface area contributed by atoms with E-state index in [4.69, 9.17) is 19.7 Å². The van der Waals surface area contributed by atoms with Crippen molar-refractivity contribution in [1.82, 2.24) is 24.5 Å². The molecule has 2 atom stereocenters. The van der Waals surface area contributed by atoms with Crippen LogP contribution in [0.3, 0.4) is 0 Å². The molecule has 3 aromatic heterocycles. The van der Waals surface area contributed by atoms with E-state index in [1.54, 1.807) is 6.20 Å². The molecule has 2 unspecified atom stereocenters. The van der Waals surface area contributed by atoms with Crippen molar-refractivity contribution in [3.8, 4) is 56.7 Å². The molecule has 10 rings (SSSR count). The second-order valence-electron chi connectivity index (χ2n) is 12.6. The maximum atomic E-state index is 7.18. The van der Waals surface area contributed by atoms with E-state index in [9.17, 15) is 0 Å². The first kappa shape index (κ1) is 28.4. The SMILES string of the molecule is C1=CC2c3cc(-c4cccnc4)cc(-c4nc(-c5ccccc5)nc(-c5ccccc5)n4)c3OC2c2c1n(-c1ccccc1)c1ccccc21. The topological polar surface area (TPSA) is 65.7 Å². The van der Waals surface area contributed by atoms with E-state index >= 15 is 0 Å². The lowest BCUT2D eigenvalue weighted by atomic mass is 9.84. The van der Waals surface area contributed by atoms with Crippen LogP contribution >= 0.6 is 0 Å². The smallest absolute Gasteiger partial charge is 0.167 e. The lowest BCUT2D eigenvalue weighted by Crippen LogP contribution is -2.13. The van der Waals surface area contributed by atoms with Gasteiger partial charge in [-0.15, -0.1) is 0 Å². The minimum absolute atomic E-state index is 0.00748. The van der Waals surface area contributed by atoms with E-state index in [1.807, 2.05) is 72.9 Å². The number of rotatable bonds is 5. The molecule has 8 aromatic rings. The van der Waals surface area contributed by atoms with E-state index in [2.05, 4.69) is 94.5 Å². The van der Waals surface area contributed by atoms with Crippen molar-refractivity contribution in [2.24, 2.45) is 0 Å². The Morgan fingerprint density at radius 3 is 1.92 bits per heavy atom. The van der Waals surface area contributed by atoms with E-state index in [0.29, 0.717) is 17.5 Å². The van der Waals surface area contributed by atoms with Crippen LogP contribution in [-0.2, 0) is 0 Å². The van der Waals surface area contributed by atoms with Crippen molar-refractivity contribution in [3.05, 3.63) is 175 Å². The quantitative estimate of drug-likeness (QED) is 0.187. The molecule has 4 heterocycles. The largest absolute Gasteiger partial charge is 0.484 e. The van der Waals surface area contributed by atoms with Gasteiger partial charge in [0.15, 0.2) is 17.5 Å². The van der Waals surface area contributed by atoms with E-state index < -0.39 is 0 Å². The molecule has 0 amide bonds. The monoisotopic (exact) mass is 643 g/mol. The molecule has 0 saturated heterocycles. The van der Waals surface area contributed by atoms with Crippen molar-refractivity contribution in [2.75, 3.05) is 0 Å². The summed E-state index contributed by atoms with van der Waals surface area (Å²) in [6.45, 7) is 0. The fourth-order valence-corrected chi connectivity index (χ4v) is 7.43. The normalized spacial score (nSPS) is 15.7. The van der Waals surface area contributed by atoms with Crippen LogP contribution in [0.1, 0.15) is 28.8 Å². The van der Waals surface area contributed by atoms with Gasteiger partial charge in [-0.1, -0.05) is 109 Å². The maximum absolute atomic E-state index is 7.18. The molecule has 236 valence electrons. The molecular weight excluding hydrogens is 615 g/mol. The molecule has 2 aliphatic rings. The zero-order chi connectivity index (χ0) is 33.0. The van der Waals surface area contributed by atoms with Crippen LogP contribution in [0.4, 0.5) is 0 Å². The minimum Gasteiger partial charge on any atom is -0.484 e. The summed E-state index contributed by atoms with van der Waals surface area (Å²) in [5, 5.41) is 1.19. The van der Waals surface area contributed by atoms with Gasteiger partial charge in [-0.25, -0.2) is 15.0 Å². The van der Waals surface area contributed by atoms with Crippen molar-refractivity contribution >= 4 is 17.0 Å². The van der Waals surface area contributed by atoms with Crippen LogP contribution in [0, 0.1) is 0 Å². The third-order valence-corrected chi connectivity index (χ3v) is 9.70. The van der Waals surface area contributed by atoms with Crippen LogP contribution in [0.5, 0.6) is 5.75 Å². The number of ether oxygens (including phenoxy) is 1. The summed E-state index contributed by atoms with van der Waals surface area (Å²) in [6.07, 6.45) is 8.04. The molecule has 5 aromatic carbocycles. The Bertz CT molecular complexity index is 2510. The van der Waals surface area contributed by atoms with Gasteiger partial charge in [-0.3, -0.25) is 4.98 Å². The highest BCUT2D eigenvalue weighted by atomic mass is 16.5. The van der Waals surface area contributed by atoms with Crippen molar-refractivity contribution in [1.29, 1.82) is 0 Å². The molecule has 6 heteroatoms. The van der Waals surface area contributed by atoms with Crippen molar-refractivity contribution in [3.63, 3.8) is 0 Å². The predicted octanol–water partition coefficient (Wildman–Crippen LogP) is 10.1. The molecule has 0 radical (unpaired) electrons. The molecule has 6 nitrogen and oxygen atoms in total. The second-order valence-corrected chi connectivity index (χ2v) is 12.6. The van der Waals surface area contributed by atoms with Crippen LogP contribution in [-0.4, -0.2) is 24.5 Å². The van der Waals surface area contributed by atoms with Gasteiger partial charge in [-0.2, -0.15) is 0 Å². The Morgan fingerprint density at radius 2 is 1.22 bits per heavy atom. The summed E-state index contributed by atoms with van der Waals surface area (Å²) in [6, 6.07) is 47.8. The number of aromatic nitrogens is 5. The molecule has 1 aliphatic heterocycles.